The highest BCUT2D eigenvalue weighted by Crippen LogP contribution is 1.95. The van der Waals surface area contributed by atoms with E-state index in [0.29, 0.717) is 0 Å². The zero-order chi connectivity index (χ0) is 16.5. The third-order valence-electron chi connectivity index (χ3n) is 2.31. The minimum Gasteiger partial charge on any atom is -0.339 e. The monoisotopic (exact) mass is 338 g/mol. The summed E-state index contributed by atoms with van der Waals surface area (Å²) < 4.78 is 44.2. The molecule has 0 heterocycles. The third-order valence-corrected chi connectivity index (χ3v) is 4.87. The smallest absolute Gasteiger partial charge is 0.222 e. The van der Waals surface area contributed by atoms with Gasteiger partial charge in [-0.3, -0.25) is 9.59 Å². The minimum atomic E-state index is -3.44. The van der Waals surface area contributed by atoms with Crippen molar-refractivity contribution in [1.29, 1.82) is 0 Å². The summed E-state index contributed by atoms with van der Waals surface area (Å²) >= 11 is 0. The molecule has 0 unspecified atom stereocenters. The number of carbonyl (C=O) groups is 2. The number of amides is 2. The first-order chi connectivity index (χ1) is 9.62. The highest BCUT2D eigenvalue weighted by molar-refractivity contribution is 7.94. The standard InChI is InChI=1S/C11H18N2O6S2/c1-3-20(16,17)7-5-10(14)12-9-13-11(15)6-8-21(18,19)4-2/h3-4H,1-2,5-9H2,(H,12,14)(H,13,15). The highest BCUT2D eigenvalue weighted by Gasteiger charge is 2.11. The molecule has 0 radical (unpaired) electrons. The Hall–Kier alpha value is -1.68. The maximum atomic E-state index is 11.3. The molecule has 21 heavy (non-hydrogen) atoms. The molecule has 0 spiro atoms. The van der Waals surface area contributed by atoms with Crippen LogP contribution in [-0.4, -0.2) is 46.8 Å². The molecule has 0 rings (SSSR count). The van der Waals surface area contributed by atoms with E-state index in [1.807, 2.05) is 0 Å². The zero-order valence-corrected chi connectivity index (χ0v) is 13.0. The topological polar surface area (TPSA) is 126 Å². The van der Waals surface area contributed by atoms with E-state index < -0.39 is 31.5 Å². The van der Waals surface area contributed by atoms with Crippen LogP contribution in [0.4, 0.5) is 0 Å². The molecule has 0 bridgehead atoms. The van der Waals surface area contributed by atoms with E-state index in [4.69, 9.17) is 0 Å². The molecule has 2 amide bonds. The SMILES string of the molecule is C=CS(=O)(=O)CCC(=O)NCNC(=O)CCS(=O)(=O)C=C. The summed E-state index contributed by atoms with van der Waals surface area (Å²) in [6.45, 7) is 6.01. The second-order valence-corrected chi connectivity index (χ2v) is 8.08. The van der Waals surface area contributed by atoms with E-state index >= 15 is 0 Å². The Labute approximate surface area is 124 Å². The van der Waals surface area contributed by atoms with Crippen molar-refractivity contribution < 1.29 is 26.4 Å². The van der Waals surface area contributed by atoms with Gasteiger partial charge in [0.1, 0.15) is 0 Å². The van der Waals surface area contributed by atoms with Gasteiger partial charge in [0.15, 0.2) is 19.7 Å². The van der Waals surface area contributed by atoms with Gasteiger partial charge < -0.3 is 10.6 Å². The van der Waals surface area contributed by atoms with E-state index in [1.54, 1.807) is 0 Å². The molecule has 0 saturated carbocycles. The van der Waals surface area contributed by atoms with Crippen molar-refractivity contribution in [3.8, 4) is 0 Å². The molecule has 0 aliphatic heterocycles. The first-order valence-corrected chi connectivity index (χ1v) is 9.29. The van der Waals surface area contributed by atoms with Crippen molar-refractivity contribution >= 4 is 31.5 Å². The fraction of sp³-hybridized carbons (Fsp3) is 0.455. The van der Waals surface area contributed by atoms with Gasteiger partial charge in [0.2, 0.25) is 11.8 Å². The fourth-order valence-electron chi connectivity index (χ4n) is 1.05. The summed E-state index contributed by atoms with van der Waals surface area (Å²) in [6, 6.07) is 0. The molecule has 0 saturated heterocycles. The van der Waals surface area contributed by atoms with E-state index in [1.165, 1.54) is 0 Å². The van der Waals surface area contributed by atoms with Gasteiger partial charge in [-0.1, -0.05) is 13.2 Å². The average Bonchev–Trinajstić information content (AvgIpc) is 2.43. The van der Waals surface area contributed by atoms with E-state index in [-0.39, 0.29) is 31.0 Å². The molecule has 0 aliphatic rings. The molecule has 0 aliphatic carbocycles. The lowest BCUT2D eigenvalue weighted by molar-refractivity contribution is -0.122. The molecule has 0 fully saturated rings. The van der Waals surface area contributed by atoms with Gasteiger partial charge in [0.05, 0.1) is 18.2 Å². The van der Waals surface area contributed by atoms with Gasteiger partial charge >= 0.3 is 0 Å². The van der Waals surface area contributed by atoms with Crippen LogP contribution in [0.25, 0.3) is 0 Å². The van der Waals surface area contributed by atoms with Gasteiger partial charge in [-0.2, -0.15) is 0 Å². The molecule has 0 atom stereocenters. The van der Waals surface area contributed by atoms with Crippen LogP contribution in [0.3, 0.4) is 0 Å². The van der Waals surface area contributed by atoms with E-state index in [0.717, 1.165) is 10.8 Å². The first kappa shape index (κ1) is 19.3. The number of hydrogen-bond acceptors (Lipinski definition) is 6. The quantitative estimate of drug-likeness (QED) is 0.496. The van der Waals surface area contributed by atoms with E-state index in [2.05, 4.69) is 23.8 Å². The molecule has 120 valence electrons. The fourth-order valence-corrected chi connectivity index (χ4v) is 2.33. The summed E-state index contributed by atoms with van der Waals surface area (Å²) in [5.74, 6) is -1.85. The third kappa shape index (κ3) is 9.79. The van der Waals surface area contributed by atoms with E-state index in [9.17, 15) is 26.4 Å². The molecule has 8 nitrogen and oxygen atoms in total. The predicted molar refractivity (Wildman–Crippen MR) is 78.4 cm³/mol. The number of sulfone groups is 2. The van der Waals surface area contributed by atoms with Gasteiger partial charge in [-0.15, -0.1) is 0 Å². The molecule has 0 aromatic heterocycles. The molecule has 0 aromatic carbocycles. The van der Waals surface area contributed by atoms with Crippen molar-refractivity contribution in [2.45, 2.75) is 12.8 Å². The summed E-state index contributed by atoms with van der Waals surface area (Å²) in [5.41, 5.74) is 0. The lowest BCUT2D eigenvalue weighted by atomic mass is 10.4. The van der Waals surface area contributed by atoms with Crippen LogP contribution in [0.15, 0.2) is 24.0 Å². The highest BCUT2D eigenvalue weighted by atomic mass is 32.2. The Morgan fingerprint density at radius 2 is 1.14 bits per heavy atom. The number of nitrogens with one attached hydrogen (secondary N) is 2. The summed E-state index contributed by atoms with van der Waals surface area (Å²) in [4.78, 5) is 22.6. The molecular formula is C11H18N2O6S2. The molecule has 0 aromatic rings. The number of hydrogen-bond donors (Lipinski definition) is 2. The van der Waals surface area contributed by atoms with Crippen LogP contribution >= 0.6 is 0 Å². The number of carbonyl (C=O) groups excluding carboxylic acids is 2. The first-order valence-electron chi connectivity index (χ1n) is 5.85. The largest absolute Gasteiger partial charge is 0.339 e. The van der Waals surface area contributed by atoms with Gasteiger partial charge in [0, 0.05) is 23.7 Å². The predicted octanol–water partition coefficient (Wildman–Crippen LogP) is -0.927. The van der Waals surface area contributed by atoms with Crippen LogP contribution < -0.4 is 10.6 Å². The van der Waals surface area contributed by atoms with Crippen molar-refractivity contribution in [2.75, 3.05) is 18.2 Å². The minimum absolute atomic E-state index is 0.208. The van der Waals surface area contributed by atoms with Gasteiger partial charge in [0.25, 0.3) is 0 Å². The maximum absolute atomic E-state index is 11.3. The van der Waals surface area contributed by atoms with Crippen LogP contribution in [0.5, 0.6) is 0 Å². The van der Waals surface area contributed by atoms with Crippen molar-refractivity contribution in [3.63, 3.8) is 0 Å². The van der Waals surface area contributed by atoms with Crippen molar-refractivity contribution in [3.05, 3.63) is 24.0 Å². The van der Waals surface area contributed by atoms with Crippen LogP contribution in [0, 0.1) is 0 Å². The maximum Gasteiger partial charge on any atom is 0.222 e. The second kappa shape index (κ2) is 8.57. The Bertz CT molecular complexity index is 553. The summed E-state index contributed by atoms with van der Waals surface area (Å²) in [6.07, 6.45) is -0.510. The Morgan fingerprint density at radius 3 is 1.43 bits per heavy atom. The molecule has 10 heteroatoms. The van der Waals surface area contributed by atoms with Crippen LogP contribution in [0.1, 0.15) is 12.8 Å². The average molecular weight is 338 g/mol. The van der Waals surface area contributed by atoms with Crippen LogP contribution in [0.2, 0.25) is 0 Å². The molecule has 2 N–H and O–H groups in total. The summed E-state index contributed by atoms with van der Waals surface area (Å²) in [7, 11) is -6.89. The Balaban J connectivity index is 3.94. The van der Waals surface area contributed by atoms with Crippen LogP contribution in [-0.2, 0) is 29.3 Å². The lowest BCUT2D eigenvalue weighted by Crippen LogP contribution is -2.38. The van der Waals surface area contributed by atoms with Gasteiger partial charge in [-0.05, 0) is 0 Å². The Kier molecular flexibility index (Phi) is 7.89. The zero-order valence-electron chi connectivity index (χ0n) is 11.4. The molecular weight excluding hydrogens is 320 g/mol. The van der Waals surface area contributed by atoms with Gasteiger partial charge in [-0.25, -0.2) is 16.8 Å². The summed E-state index contributed by atoms with van der Waals surface area (Å²) in [5, 5.41) is 6.10. The normalized spacial score (nSPS) is 11.4. The number of rotatable bonds is 10. The second-order valence-electron chi connectivity index (χ2n) is 3.94. The van der Waals surface area contributed by atoms with Crippen molar-refractivity contribution in [1.82, 2.24) is 10.6 Å². The lowest BCUT2D eigenvalue weighted by Gasteiger charge is -2.07. The Morgan fingerprint density at radius 1 is 0.810 bits per heavy atom. The van der Waals surface area contributed by atoms with Crippen molar-refractivity contribution in [2.24, 2.45) is 0 Å².